The Labute approximate surface area is 253 Å². The lowest BCUT2D eigenvalue weighted by Gasteiger charge is -2.34. The molecule has 0 aliphatic carbocycles. The number of nitrogens with zero attached hydrogens (tertiary/aromatic N) is 2. The Morgan fingerprint density at radius 1 is 0.878 bits per heavy atom. The van der Waals surface area contributed by atoms with E-state index in [9.17, 15) is 18.0 Å². The van der Waals surface area contributed by atoms with Crippen LogP contribution in [0.15, 0.2) is 71.6 Å². The molecular weight excluding hydrogens is 581 g/mol. The fourth-order valence-electron chi connectivity index (χ4n) is 4.27. The van der Waals surface area contributed by atoms with Gasteiger partial charge in [-0.05, 0) is 75.6 Å². The van der Waals surface area contributed by atoms with Crippen LogP contribution < -0.4 is 9.62 Å². The zero-order valence-electron chi connectivity index (χ0n) is 24.0. The number of anilines is 1. The summed E-state index contributed by atoms with van der Waals surface area (Å²) in [5.41, 5.74) is 2.78. The van der Waals surface area contributed by atoms with Crippen molar-refractivity contribution in [3.05, 3.63) is 93.5 Å². The third kappa shape index (κ3) is 8.24. The quantitative estimate of drug-likeness (QED) is 0.250. The van der Waals surface area contributed by atoms with Gasteiger partial charge in [-0.3, -0.25) is 13.9 Å². The molecule has 3 rings (SSSR count). The fraction of sp³-hybridized carbons (Fsp3) is 0.355. The van der Waals surface area contributed by atoms with Crippen LogP contribution in [-0.2, 0) is 26.2 Å². The standard InChI is InChI=1S/C31H37Cl2N3O4S/c1-6-23(5)34-31(38)29(7-2)35(19-24-12-13-25(32)18-28(24)33)30(37)20-36(26-14-8-21(3)9-15-26)41(39,40)27-16-10-22(4)11-17-27/h8-18,23,29H,6-7,19-20H2,1-5H3,(H,34,38)/t23-,29+/m1/s1. The molecule has 10 heteroatoms. The van der Waals surface area contributed by atoms with Crippen LogP contribution in [0.2, 0.25) is 10.0 Å². The average Bonchev–Trinajstić information content (AvgIpc) is 2.93. The van der Waals surface area contributed by atoms with Gasteiger partial charge < -0.3 is 10.2 Å². The number of hydrogen-bond donors (Lipinski definition) is 1. The lowest BCUT2D eigenvalue weighted by atomic mass is 10.1. The van der Waals surface area contributed by atoms with Gasteiger partial charge in [0, 0.05) is 22.6 Å². The Bertz CT molecular complexity index is 1460. The van der Waals surface area contributed by atoms with E-state index in [1.807, 2.05) is 34.6 Å². The number of carbonyl (C=O) groups is 2. The van der Waals surface area contributed by atoms with Crippen molar-refractivity contribution in [2.75, 3.05) is 10.8 Å². The summed E-state index contributed by atoms with van der Waals surface area (Å²) in [4.78, 5) is 29.0. The Morgan fingerprint density at radius 3 is 2.00 bits per heavy atom. The zero-order valence-corrected chi connectivity index (χ0v) is 26.4. The first kappa shape index (κ1) is 32.4. The zero-order chi connectivity index (χ0) is 30.3. The minimum absolute atomic E-state index is 0.00636. The third-order valence-corrected chi connectivity index (χ3v) is 9.33. The van der Waals surface area contributed by atoms with Crippen molar-refractivity contribution in [1.82, 2.24) is 10.2 Å². The summed E-state index contributed by atoms with van der Waals surface area (Å²) in [6.45, 7) is 8.90. The van der Waals surface area contributed by atoms with Gasteiger partial charge in [0.25, 0.3) is 10.0 Å². The number of aryl methyl sites for hydroxylation is 2. The van der Waals surface area contributed by atoms with Crippen molar-refractivity contribution >= 4 is 50.7 Å². The van der Waals surface area contributed by atoms with E-state index in [1.165, 1.54) is 17.0 Å². The molecule has 0 unspecified atom stereocenters. The molecule has 0 saturated heterocycles. The highest BCUT2D eigenvalue weighted by Crippen LogP contribution is 2.27. The molecule has 0 bridgehead atoms. The predicted molar refractivity (Wildman–Crippen MR) is 166 cm³/mol. The molecule has 3 aromatic carbocycles. The molecule has 0 aromatic heterocycles. The molecule has 0 radical (unpaired) electrons. The summed E-state index contributed by atoms with van der Waals surface area (Å²) in [6, 6.07) is 17.4. The molecule has 0 aliphatic rings. The Kier molecular flexibility index (Phi) is 11.2. The normalized spacial score (nSPS) is 12.9. The lowest BCUT2D eigenvalue weighted by molar-refractivity contribution is -0.140. The van der Waals surface area contributed by atoms with Gasteiger partial charge in [-0.1, -0.05) is 78.5 Å². The van der Waals surface area contributed by atoms with Gasteiger partial charge in [0.05, 0.1) is 10.6 Å². The van der Waals surface area contributed by atoms with Crippen LogP contribution in [0.25, 0.3) is 0 Å². The number of carbonyl (C=O) groups excluding carboxylic acids is 2. The van der Waals surface area contributed by atoms with E-state index >= 15 is 0 Å². The molecule has 2 amide bonds. The molecule has 3 aromatic rings. The van der Waals surface area contributed by atoms with Crippen molar-refractivity contribution in [1.29, 1.82) is 0 Å². The molecule has 41 heavy (non-hydrogen) atoms. The Balaban J connectivity index is 2.08. The summed E-state index contributed by atoms with van der Waals surface area (Å²) in [6.07, 6.45) is 1.03. The fourth-order valence-corrected chi connectivity index (χ4v) is 6.15. The average molecular weight is 619 g/mol. The van der Waals surface area contributed by atoms with Crippen LogP contribution in [0.5, 0.6) is 0 Å². The van der Waals surface area contributed by atoms with Crippen molar-refractivity contribution in [2.45, 2.75) is 71.0 Å². The summed E-state index contributed by atoms with van der Waals surface area (Å²) in [5.74, 6) is -0.859. The molecule has 2 atom stereocenters. The highest BCUT2D eigenvalue weighted by atomic mass is 35.5. The first-order chi connectivity index (χ1) is 19.4. The van der Waals surface area contributed by atoms with E-state index in [0.29, 0.717) is 27.7 Å². The number of hydrogen-bond acceptors (Lipinski definition) is 4. The van der Waals surface area contributed by atoms with Crippen LogP contribution in [0.4, 0.5) is 5.69 Å². The second-order valence-corrected chi connectivity index (χ2v) is 12.9. The van der Waals surface area contributed by atoms with Crippen LogP contribution in [0.3, 0.4) is 0 Å². The second-order valence-electron chi connectivity index (χ2n) is 10.2. The first-order valence-electron chi connectivity index (χ1n) is 13.6. The number of amides is 2. The summed E-state index contributed by atoms with van der Waals surface area (Å²) in [7, 11) is -4.13. The summed E-state index contributed by atoms with van der Waals surface area (Å²) < 4.78 is 29.0. The van der Waals surface area contributed by atoms with E-state index < -0.39 is 28.5 Å². The topological polar surface area (TPSA) is 86.8 Å². The van der Waals surface area contributed by atoms with Gasteiger partial charge in [0.1, 0.15) is 12.6 Å². The number of halogens is 2. The number of sulfonamides is 1. The molecule has 1 N–H and O–H groups in total. The van der Waals surface area contributed by atoms with Crippen LogP contribution >= 0.6 is 23.2 Å². The van der Waals surface area contributed by atoms with E-state index in [2.05, 4.69) is 5.32 Å². The Morgan fingerprint density at radius 2 is 1.46 bits per heavy atom. The van der Waals surface area contributed by atoms with Crippen molar-refractivity contribution < 1.29 is 18.0 Å². The Hall–Kier alpha value is -3.07. The molecule has 0 aliphatic heterocycles. The summed E-state index contributed by atoms with van der Waals surface area (Å²) >= 11 is 12.6. The second kappa shape index (κ2) is 14.2. The van der Waals surface area contributed by atoms with Crippen molar-refractivity contribution in [2.24, 2.45) is 0 Å². The van der Waals surface area contributed by atoms with Crippen molar-refractivity contribution in [3.63, 3.8) is 0 Å². The van der Waals surface area contributed by atoms with Crippen molar-refractivity contribution in [3.8, 4) is 0 Å². The molecule has 0 spiro atoms. The van der Waals surface area contributed by atoms with Gasteiger partial charge in [-0.2, -0.15) is 0 Å². The maximum atomic E-state index is 14.1. The highest BCUT2D eigenvalue weighted by Gasteiger charge is 2.34. The minimum atomic E-state index is -4.13. The molecule has 0 saturated carbocycles. The smallest absolute Gasteiger partial charge is 0.264 e. The van der Waals surface area contributed by atoms with Crippen LogP contribution in [-0.4, -0.2) is 43.8 Å². The monoisotopic (exact) mass is 617 g/mol. The van der Waals surface area contributed by atoms with Crippen LogP contribution in [0, 0.1) is 13.8 Å². The third-order valence-electron chi connectivity index (χ3n) is 6.95. The van der Waals surface area contributed by atoms with Crippen LogP contribution in [0.1, 0.15) is 50.3 Å². The van der Waals surface area contributed by atoms with Gasteiger partial charge in [0.2, 0.25) is 11.8 Å². The molecular formula is C31H37Cl2N3O4S. The minimum Gasteiger partial charge on any atom is -0.352 e. The predicted octanol–water partition coefficient (Wildman–Crippen LogP) is 6.53. The van der Waals surface area contributed by atoms with E-state index in [4.69, 9.17) is 23.2 Å². The largest absolute Gasteiger partial charge is 0.352 e. The maximum absolute atomic E-state index is 14.1. The number of nitrogens with one attached hydrogen (secondary N) is 1. The van der Waals surface area contributed by atoms with E-state index in [1.54, 1.807) is 54.6 Å². The number of rotatable bonds is 12. The van der Waals surface area contributed by atoms with E-state index in [0.717, 1.165) is 21.9 Å². The lowest BCUT2D eigenvalue weighted by Crippen LogP contribution is -2.53. The van der Waals surface area contributed by atoms with Gasteiger partial charge in [0.15, 0.2) is 0 Å². The summed E-state index contributed by atoms with van der Waals surface area (Å²) in [5, 5.41) is 3.74. The highest BCUT2D eigenvalue weighted by molar-refractivity contribution is 7.92. The maximum Gasteiger partial charge on any atom is 0.264 e. The molecule has 220 valence electrons. The van der Waals surface area contributed by atoms with Gasteiger partial charge >= 0.3 is 0 Å². The molecule has 7 nitrogen and oxygen atoms in total. The molecule has 0 fully saturated rings. The van der Waals surface area contributed by atoms with Gasteiger partial charge in [-0.15, -0.1) is 0 Å². The molecule has 0 heterocycles. The SMILES string of the molecule is CC[C@@H](C)NC(=O)[C@H](CC)N(Cc1ccc(Cl)cc1Cl)C(=O)CN(c1ccc(C)cc1)S(=O)(=O)c1ccc(C)cc1. The number of benzene rings is 3. The van der Waals surface area contributed by atoms with Gasteiger partial charge in [-0.25, -0.2) is 8.42 Å². The van der Waals surface area contributed by atoms with E-state index in [-0.39, 0.29) is 23.4 Å². The first-order valence-corrected chi connectivity index (χ1v) is 15.8.